The lowest BCUT2D eigenvalue weighted by molar-refractivity contribution is 0.0954. The van der Waals surface area contributed by atoms with Gasteiger partial charge in [-0.1, -0.05) is 17.3 Å². The first-order valence-corrected chi connectivity index (χ1v) is 6.76. The minimum atomic E-state index is -0.295. The van der Waals surface area contributed by atoms with Gasteiger partial charge in [0.1, 0.15) is 5.52 Å². The van der Waals surface area contributed by atoms with Crippen LogP contribution in [0.15, 0.2) is 53.9 Å². The molecule has 7 heteroatoms. The third-order valence-electron chi connectivity index (χ3n) is 3.07. The van der Waals surface area contributed by atoms with Crippen molar-refractivity contribution in [3.63, 3.8) is 0 Å². The summed E-state index contributed by atoms with van der Waals surface area (Å²) in [5, 5.41) is 12.2. The van der Waals surface area contributed by atoms with Gasteiger partial charge in [0.15, 0.2) is 0 Å². The molecule has 0 unspecified atom stereocenters. The van der Waals surface area contributed by atoms with E-state index in [1.54, 1.807) is 23.0 Å². The fourth-order valence-electron chi connectivity index (χ4n) is 1.99. The highest BCUT2D eigenvalue weighted by Crippen LogP contribution is 2.09. The van der Waals surface area contributed by atoms with Crippen molar-refractivity contribution in [2.75, 3.05) is 0 Å². The maximum absolute atomic E-state index is 11.9. The first-order chi connectivity index (χ1) is 10.7. The smallest absolute Gasteiger partial charge is 0.267 e. The number of fused-ring (bicyclic) bond motifs is 1. The summed E-state index contributed by atoms with van der Waals surface area (Å²) in [6.45, 7) is 2.27. The first kappa shape index (κ1) is 13.9. The number of hydrogen-bond acceptors (Lipinski definition) is 5. The number of hydrogen-bond donors (Lipinski definition) is 1. The second kappa shape index (κ2) is 6.13. The summed E-state index contributed by atoms with van der Waals surface area (Å²) in [5.41, 5.74) is 5.44. The van der Waals surface area contributed by atoms with Crippen LogP contribution < -0.4 is 5.43 Å². The van der Waals surface area contributed by atoms with E-state index in [9.17, 15) is 4.79 Å². The third kappa shape index (κ3) is 2.98. The van der Waals surface area contributed by atoms with Gasteiger partial charge in [-0.15, -0.1) is 5.10 Å². The van der Waals surface area contributed by atoms with Crippen molar-refractivity contribution in [3.8, 4) is 0 Å². The third-order valence-corrected chi connectivity index (χ3v) is 3.07. The van der Waals surface area contributed by atoms with Crippen LogP contribution in [0.1, 0.15) is 17.3 Å². The molecule has 3 rings (SSSR count). The number of nitrogens with one attached hydrogen (secondary N) is 1. The van der Waals surface area contributed by atoms with Crippen LogP contribution in [0.3, 0.4) is 0 Å². The molecule has 0 bridgehead atoms. The summed E-state index contributed by atoms with van der Waals surface area (Å²) < 4.78 is 1.74. The molecule has 3 aromatic rings. The number of rotatable bonds is 4. The molecule has 2 aromatic heterocycles. The van der Waals surface area contributed by atoms with Gasteiger partial charge in [0.2, 0.25) is 0 Å². The number of benzene rings is 1. The fourth-order valence-corrected chi connectivity index (χ4v) is 1.99. The summed E-state index contributed by atoms with van der Waals surface area (Å²) >= 11 is 0. The summed E-state index contributed by atoms with van der Waals surface area (Å²) in [6.07, 6.45) is 3.10. The molecule has 0 aliphatic rings. The van der Waals surface area contributed by atoms with Gasteiger partial charge >= 0.3 is 0 Å². The second-order valence-corrected chi connectivity index (χ2v) is 4.77. The van der Waals surface area contributed by atoms with E-state index in [1.807, 2.05) is 31.2 Å². The minimum absolute atomic E-state index is 0.295. The Bertz CT molecular complexity index is 824. The predicted octanol–water partition coefficient (Wildman–Crippen LogP) is 1.63. The number of aromatic nitrogens is 4. The van der Waals surface area contributed by atoms with Gasteiger partial charge < -0.3 is 0 Å². The van der Waals surface area contributed by atoms with E-state index in [0.717, 1.165) is 11.0 Å². The van der Waals surface area contributed by atoms with E-state index in [1.165, 1.54) is 6.20 Å². The number of hydrazone groups is 1. The number of carbonyl (C=O) groups excluding carboxylic acids is 1. The van der Waals surface area contributed by atoms with Crippen LogP contribution in [-0.2, 0) is 6.54 Å². The Hall–Kier alpha value is -3.09. The van der Waals surface area contributed by atoms with E-state index in [-0.39, 0.29) is 5.91 Å². The monoisotopic (exact) mass is 294 g/mol. The Morgan fingerprint density at radius 2 is 2.14 bits per heavy atom. The second-order valence-electron chi connectivity index (χ2n) is 4.77. The van der Waals surface area contributed by atoms with Gasteiger partial charge in [0, 0.05) is 12.4 Å². The van der Waals surface area contributed by atoms with E-state index in [4.69, 9.17) is 0 Å². The summed E-state index contributed by atoms with van der Waals surface area (Å²) in [5.74, 6) is -0.295. The number of carbonyl (C=O) groups is 1. The van der Waals surface area contributed by atoms with Crippen LogP contribution in [-0.4, -0.2) is 31.6 Å². The molecule has 0 spiro atoms. The molecule has 0 aliphatic heterocycles. The van der Waals surface area contributed by atoms with E-state index in [2.05, 4.69) is 25.8 Å². The number of pyridine rings is 1. The average Bonchev–Trinajstić information content (AvgIpc) is 2.97. The van der Waals surface area contributed by atoms with Crippen LogP contribution in [0.25, 0.3) is 11.0 Å². The van der Waals surface area contributed by atoms with Crippen molar-refractivity contribution >= 4 is 22.7 Å². The lowest BCUT2D eigenvalue weighted by atomic mass is 10.3. The zero-order valence-electron chi connectivity index (χ0n) is 12.0. The molecule has 0 saturated carbocycles. The van der Waals surface area contributed by atoms with Crippen LogP contribution in [0.2, 0.25) is 0 Å². The lowest BCUT2D eigenvalue weighted by Gasteiger charge is -2.03. The standard InChI is InChI=1S/C15H14N6O/c1-11(17-19-15(22)12-5-4-8-16-9-12)10-21-14-7-3-2-6-13(14)18-20-21/h2-9H,10H2,1H3,(H,19,22)/b17-11+. The van der Waals surface area contributed by atoms with E-state index >= 15 is 0 Å². The van der Waals surface area contributed by atoms with Crippen molar-refractivity contribution in [2.45, 2.75) is 13.5 Å². The Morgan fingerprint density at radius 3 is 2.95 bits per heavy atom. The first-order valence-electron chi connectivity index (χ1n) is 6.76. The molecule has 0 saturated heterocycles. The van der Waals surface area contributed by atoms with Crippen molar-refractivity contribution < 1.29 is 4.79 Å². The molecule has 110 valence electrons. The topological polar surface area (TPSA) is 85.1 Å². The van der Waals surface area contributed by atoms with Gasteiger partial charge in [-0.3, -0.25) is 9.78 Å². The Labute approximate surface area is 126 Å². The summed E-state index contributed by atoms with van der Waals surface area (Å²) in [4.78, 5) is 15.8. The highest BCUT2D eigenvalue weighted by molar-refractivity contribution is 5.95. The summed E-state index contributed by atoms with van der Waals surface area (Å²) in [7, 11) is 0. The van der Waals surface area contributed by atoms with Crippen molar-refractivity contribution in [3.05, 3.63) is 54.4 Å². The minimum Gasteiger partial charge on any atom is -0.267 e. The molecule has 0 fully saturated rings. The van der Waals surface area contributed by atoms with E-state index < -0.39 is 0 Å². The zero-order chi connectivity index (χ0) is 15.4. The van der Waals surface area contributed by atoms with Crippen molar-refractivity contribution in [1.82, 2.24) is 25.4 Å². The van der Waals surface area contributed by atoms with Crippen LogP contribution in [0.4, 0.5) is 0 Å². The molecule has 0 radical (unpaired) electrons. The molecule has 22 heavy (non-hydrogen) atoms. The SMILES string of the molecule is C/C(Cn1nnc2ccccc21)=N\NC(=O)c1cccnc1. The molecule has 0 atom stereocenters. The Morgan fingerprint density at radius 1 is 1.27 bits per heavy atom. The predicted molar refractivity (Wildman–Crippen MR) is 82.3 cm³/mol. The molecule has 1 amide bonds. The van der Waals surface area contributed by atoms with Crippen molar-refractivity contribution in [1.29, 1.82) is 0 Å². The molecule has 0 aliphatic carbocycles. The molecule has 7 nitrogen and oxygen atoms in total. The molecule has 1 N–H and O–H groups in total. The van der Waals surface area contributed by atoms with Gasteiger partial charge in [-0.05, 0) is 31.2 Å². The molecule has 2 heterocycles. The van der Waals surface area contributed by atoms with Gasteiger partial charge in [0.05, 0.1) is 23.3 Å². The molecular weight excluding hydrogens is 280 g/mol. The average molecular weight is 294 g/mol. The maximum atomic E-state index is 11.9. The number of para-hydroxylation sites is 1. The summed E-state index contributed by atoms with van der Waals surface area (Å²) in [6, 6.07) is 11.1. The number of amides is 1. The lowest BCUT2D eigenvalue weighted by Crippen LogP contribution is -2.20. The van der Waals surface area contributed by atoms with Gasteiger partial charge in [-0.25, -0.2) is 10.1 Å². The Balaban J connectivity index is 1.69. The van der Waals surface area contributed by atoms with Gasteiger partial charge in [0.25, 0.3) is 5.91 Å². The fraction of sp³-hybridized carbons (Fsp3) is 0.133. The highest BCUT2D eigenvalue weighted by atomic mass is 16.2. The molecular formula is C15H14N6O. The zero-order valence-corrected chi connectivity index (χ0v) is 12.0. The van der Waals surface area contributed by atoms with Crippen LogP contribution in [0, 0.1) is 0 Å². The van der Waals surface area contributed by atoms with Gasteiger partial charge in [-0.2, -0.15) is 5.10 Å². The van der Waals surface area contributed by atoms with Crippen LogP contribution >= 0.6 is 0 Å². The van der Waals surface area contributed by atoms with E-state index in [0.29, 0.717) is 17.8 Å². The van der Waals surface area contributed by atoms with Crippen molar-refractivity contribution in [2.24, 2.45) is 5.10 Å². The molecule has 1 aromatic carbocycles. The number of nitrogens with zero attached hydrogens (tertiary/aromatic N) is 5. The Kier molecular flexibility index (Phi) is 3.86. The van der Waals surface area contributed by atoms with Crippen LogP contribution in [0.5, 0.6) is 0 Å². The maximum Gasteiger partial charge on any atom is 0.272 e. The largest absolute Gasteiger partial charge is 0.272 e. The quantitative estimate of drug-likeness (QED) is 0.585. The normalized spacial score (nSPS) is 11.6. The highest BCUT2D eigenvalue weighted by Gasteiger charge is 2.06.